The van der Waals surface area contributed by atoms with E-state index in [1.807, 2.05) is 42.3 Å². The molecule has 0 bridgehead atoms. The molecule has 1 aromatic rings. The first kappa shape index (κ1) is 8.94. The molecular weight excluding hydrogens is 176 g/mol. The Hall–Kier alpha value is -1.64. The highest BCUT2D eigenvalue weighted by molar-refractivity contribution is 5.48. The molecule has 0 aromatic heterocycles. The molecule has 0 atom stereocenters. The van der Waals surface area contributed by atoms with Gasteiger partial charge in [-0.1, -0.05) is 30.9 Å². The highest BCUT2D eigenvalue weighted by Gasteiger charge is 2.13. The number of rotatable bonds is 2. The van der Waals surface area contributed by atoms with E-state index in [1.54, 1.807) is 0 Å². The molecule has 0 radical (unpaired) electrons. The van der Waals surface area contributed by atoms with Crippen molar-refractivity contribution in [1.82, 2.24) is 5.43 Å². The van der Waals surface area contributed by atoms with Crippen molar-refractivity contribution in [2.24, 2.45) is 0 Å². The van der Waals surface area contributed by atoms with Crippen molar-refractivity contribution in [3.05, 3.63) is 41.8 Å². The number of anilines is 1. The third-order valence-corrected chi connectivity index (χ3v) is 2.33. The lowest BCUT2D eigenvalue weighted by molar-refractivity contribution is -0.303. The average Bonchev–Trinajstić information content (AvgIpc) is 2.61. The van der Waals surface area contributed by atoms with E-state index in [9.17, 15) is 5.11 Å². The van der Waals surface area contributed by atoms with Crippen LogP contribution in [0.4, 0.5) is 5.69 Å². The van der Waals surface area contributed by atoms with Crippen molar-refractivity contribution >= 4 is 5.69 Å². The van der Waals surface area contributed by atoms with Gasteiger partial charge in [0.2, 0.25) is 0 Å². The number of benzene rings is 1. The van der Waals surface area contributed by atoms with Gasteiger partial charge < -0.3 is 10.5 Å². The minimum absolute atomic E-state index is 0.191. The quantitative estimate of drug-likeness (QED) is 0.754. The molecule has 0 saturated carbocycles. The summed E-state index contributed by atoms with van der Waals surface area (Å²) in [5, 5.41) is 13.3. The number of hydrogen-bond donors (Lipinski definition) is 1. The third kappa shape index (κ3) is 1.53. The Morgan fingerprint density at radius 2 is 2.07 bits per heavy atom. The van der Waals surface area contributed by atoms with Gasteiger partial charge in [0.1, 0.15) is 0 Å². The van der Waals surface area contributed by atoms with Crippen LogP contribution in [-0.4, -0.2) is 6.54 Å². The molecular formula is C11H13N2O-. The van der Waals surface area contributed by atoms with Crippen molar-refractivity contribution in [2.45, 2.75) is 13.3 Å². The summed E-state index contributed by atoms with van der Waals surface area (Å²) >= 11 is 0. The van der Waals surface area contributed by atoms with Gasteiger partial charge in [-0.2, -0.15) is 0 Å². The minimum Gasteiger partial charge on any atom is -0.873 e. The Labute approximate surface area is 83.6 Å². The van der Waals surface area contributed by atoms with E-state index in [0.29, 0.717) is 6.54 Å². The number of allylic oxidation sites excluding steroid dienone is 1. The van der Waals surface area contributed by atoms with E-state index in [4.69, 9.17) is 0 Å². The molecule has 3 heteroatoms. The summed E-state index contributed by atoms with van der Waals surface area (Å²) in [6, 6.07) is 9.86. The largest absolute Gasteiger partial charge is 0.873 e. The summed E-state index contributed by atoms with van der Waals surface area (Å²) in [4.78, 5) is 0. The molecule has 1 N–H and O–H groups in total. The lowest BCUT2D eigenvalue weighted by atomic mass is 10.3. The molecule has 1 aromatic carbocycles. The van der Waals surface area contributed by atoms with Crippen LogP contribution in [0, 0.1) is 0 Å². The van der Waals surface area contributed by atoms with Gasteiger partial charge in [-0.25, -0.2) is 0 Å². The summed E-state index contributed by atoms with van der Waals surface area (Å²) in [7, 11) is 0. The first-order chi connectivity index (χ1) is 6.81. The number of nitrogens with zero attached hydrogens (tertiary/aromatic N) is 1. The van der Waals surface area contributed by atoms with Gasteiger partial charge in [0.15, 0.2) is 0 Å². The molecule has 0 fully saturated rings. The lowest BCUT2D eigenvalue weighted by Crippen LogP contribution is -2.32. The Kier molecular flexibility index (Phi) is 2.31. The molecule has 1 aliphatic rings. The fourth-order valence-corrected chi connectivity index (χ4v) is 1.54. The van der Waals surface area contributed by atoms with Crippen LogP contribution in [0.25, 0.3) is 0 Å². The van der Waals surface area contributed by atoms with Gasteiger partial charge in [0, 0.05) is 5.70 Å². The topological polar surface area (TPSA) is 38.3 Å². The van der Waals surface area contributed by atoms with Gasteiger partial charge in [-0.05, 0) is 18.6 Å². The van der Waals surface area contributed by atoms with Crippen molar-refractivity contribution in [1.29, 1.82) is 0 Å². The van der Waals surface area contributed by atoms with Crippen LogP contribution in [0.2, 0.25) is 0 Å². The van der Waals surface area contributed by atoms with Gasteiger partial charge in [0.05, 0.1) is 12.2 Å². The van der Waals surface area contributed by atoms with Gasteiger partial charge in [0.25, 0.3) is 0 Å². The highest BCUT2D eigenvalue weighted by Crippen LogP contribution is 2.18. The maximum absolute atomic E-state index is 11.4. The van der Waals surface area contributed by atoms with Crippen LogP contribution in [0.15, 0.2) is 41.8 Å². The number of hydrazine groups is 1. The van der Waals surface area contributed by atoms with E-state index in [0.717, 1.165) is 17.8 Å². The zero-order chi connectivity index (χ0) is 9.97. The van der Waals surface area contributed by atoms with Crippen LogP contribution in [-0.2, 0) is 0 Å². The van der Waals surface area contributed by atoms with Crippen LogP contribution in [0.3, 0.4) is 0 Å². The van der Waals surface area contributed by atoms with Crippen LogP contribution in [0.1, 0.15) is 13.3 Å². The zero-order valence-corrected chi connectivity index (χ0v) is 8.16. The smallest absolute Gasteiger partial charge is 0.0575 e. The Balaban J connectivity index is 2.13. The van der Waals surface area contributed by atoms with Gasteiger partial charge in [-0.15, -0.1) is 0 Å². The third-order valence-electron chi connectivity index (χ3n) is 2.33. The van der Waals surface area contributed by atoms with Gasteiger partial charge >= 0.3 is 0 Å². The normalized spacial score (nSPS) is 15.9. The van der Waals surface area contributed by atoms with E-state index in [2.05, 4.69) is 5.43 Å². The first-order valence-electron chi connectivity index (χ1n) is 4.79. The maximum Gasteiger partial charge on any atom is 0.0575 e. The van der Waals surface area contributed by atoms with E-state index >= 15 is 0 Å². The summed E-state index contributed by atoms with van der Waals surface area (Å²) in [5.74, 6) is 0.191. The summed E-state index contributed by atoms with van der Waals surface area (Å²) in [6.45, 7) is 2.42. The molecule has 1 heterocycles. The predicted octanol–water partition coefficient (Wildman–Crippen LogP) is 0.993. The SMILES string of the molecule is CCC1=C([O-])CN(c2ccccc2)N1. The molecule has 1 aliphatic heterocycles. The second-order valence-corrected chi connectivity index (χ2v) is 3.29. The van der Waals surface area contributed by atoms with E-state index < -0.39 is 0 Å². The minimum atomic E-state index is 0.191. The van der Waals surface area contributed by atoms with Crippen molar-refractivity contribution in [3.8, 4) is 0 Å². The summed E-state index contributed by atoms with van der Waals surface area (Å²) in [5.41, 5.74) is 4.94. The Morgan fingerprint density at radius 3 is 2.64 bits per heavy atom. The molecule has 3 nitrogen and oxygen atoms in total. The molecule has 74 valence electrons. The molecule has 0 saturated heterocycles. The molecule has 2 rings (SSSR count). The number of nitrogens with one attached hydrogen (secondary N) is 1. The fraction of sp³-hybridized carbons (Fsp3) is 0.273. The number of para-hydroxylation sites is 1. The summed E-state index contributed by atoms with van der Waals surface area (Å²) < 4.78 is 0. The van der Waals surface area contributed by atoms with Crippen molar-refractivity contribution < 1.29 is 5.11 Å². The highest BCUT2D eigenvalue weighted by atomic mass is 16.3. The predicted molar refractivity (Wildman–Crippen MR) is 54.2 cm³/mol. The van der Waals surface area contributed by atoms with E-state index in [-0.39, 0.29) is 5.76 Å². The molecule has 0 spiro atoms. The second-order valence-electron chi connectivity index (χ2n) is 3.29. The maximum atomic E-state index is 11.4. The second kappa shape index (κ2) is 3.62. The Morgan fingerprint density at radius 1 is 1.36 bits per heavy atom. The fourth-order valence-electron chi connectivity index (χ4n) is 1.54. The van der Waals surface area contributed by atoms with Crippen LogP contribution >= 0.6 is 0 Å². The van der Waals surface area contributed by atoms with Gasteiger partial charge in [-0.3, -0.25) is 5.01 Å². The number of hydrogen-bond acceptors (Lipinski definition) is 3. The molecule has 0 amide bonds. The molecule has 0 aliphatic carbocycles. The zero-order valence-electron chi connectivity index (χ0n) is 8.16. The van der Waals surface area contributed by atoms with Crippen molar-refractivity contribution in [2.75, 3.05) is 11.6 Å². The molecule has 14 heavy (non-hydrogen) atoms. The van der Waals surface area contributed by atoms with E-state index in [1.165, 1.54) is 0 Å². The first-order valence-corrected chi connectivity index (χ1v) is 4.79. The summed E-state index contributed by atoms with van der Waals surface area (Å²) in [6.07, 6.45) is 0.766. The van der Waals surface area contributed by atoms with Crippen molar-refractivity contribution in [3.63, 3.8) is 0 Å². The van der Waals surface area contributed by atoms with Crippen LogP contribution in [0.5, 0.6) is 0 Å². The van der Waals surface area contributed by atoms with Crippen LogP contribution < -0.4 is 15.5 Å². The standard InChI is InChI=1S/C11H14N2O/c1-2-10-11(14)8-13(12-10)9-6-4-3-5-7-9/h3-7,12,14H,2,8H2,1H3/p-1. The average molecular weight is 189 g/mol. The monoisotopic (exact) mass is 189 g/mol. The lowest BCUT2D eigenvalue weighted by Gasteiger charge is -2.20. The molecule has 0 unspecified atom stereocenters. The Bertz CT molecular complexity index is 346.